The molecule has 0 saturated carbocycles. The molecule has 0 heterocycles. The van der Waals surface area contributed by atoms with E-state index in [1.54, 1.807) is 6.08 Å². The van der Waals surface area contributed by atoms with Gasteiger partial charge in [0, 0.05) is 34.1 Å². The number of anilines is 5. The van der Waals surface area contributed by atoms with Gasteiger partial charge in [-0.25, -0.2) is 0 Å². The predicted octanol–water partition coefficient (Wildman–Crippen LogP) is 10.8. The summed E-state index contributed by atoms with van der Waals surface area (Å²) in [5, 5.41) is 0. The molecule has 0 N–H and O–H groups in total. The molecule has 5 aromatic carbocycles. The number of benzene rings is 5. The van der Waals surface area contributed by atoms with Crippen molar-refractivity contribution >= 4 is 28.4 Å². The van der Waals surface area contributed by atoms with Gasteiger partial charge in [-0.1, -0.05) is 97.1 Å². The highest BCUT2D eigenvalue weighted by Crippen LogP contribution is 2.36. The van der Waals surface area contributed by atoms with Crippen molar-refractivity contribution in [2.45, 2.75) is 13.8 Å². The lowest BCUT2D eigenvalue weighted by atomic mass is 10.0. The van der Waals surface area contributed by atoms with Gasteiger partial charge in [-0.15, -0.1) is 0 Å². The third kappa shape index (κ3) is 5.82. The molecule has 0 aliphatic heterocycles. The van der Waals surface area contributed by atoms with Crippen molar-refractivity contribution in [1.29, 1.82) is 0 Å². The summed E-state index contributed by atoms with van der Waals surface area (Å²) in [4.78, 5) is 4.48. The number of hydrogen-bond acceptors (Lipinski definition) is 2. The van der Waals surface area contributed by atoms with Gasteiger partial charge in [0.1, 0.15) is 0 Å². The van der Waals surface area contributed by atoms with E-state index in [0.717, 1.165) is 39.7 Å². The summed E-state index contributed by atoms with van der Waals surface area (Å²) >= 11 is 0. The fraction of sp³-hybridized carbons (Fsp3) is 0.0526. The molecular formula is C38H34N2. The van der Waals surface area contributed by atoms with Crippen molar-refractivity contribution in [3.8, 4) is 11.1 Å². The zero-order chi connectivity index (χ0) is 27.9. The van der Waals surface area contributed by atoms with Gasteiger partial charge in [0.15, 0.2) is 0 Å². The van der Waals surface area contributed by atoms with Crippen LogP contribution in [0.15, 0.2) is 164 Å². The van der Waals surface area contributed by atoms with Crippen LogP contribution in [0.25, 0.3) is 11.1 Å². The Kier molecular flexibility index (Phi) is 8.08. The van der Waals surface area contributed by atoms with E-state index in [0.29, 0.717) is 0 Å². The Labute approximate surface area is 238 Å². The van der Waals surface area contributed by atoms with E-state index in [-0.39, 0.29) is 0 Å². The Morgan fingerprint density at radius 2 is 0.900 bits per heavy atom. The van der Waals surface area contributed by atoms with Gasteiger partial charge in [-0.2, -0.15) is 0 Å². The normalized spacial score (nSPS) is 11.1. The number of allylic oxidation sites excluding steroid dienone is 3. The Hall–Kier alpha value is -5.08. The summed E-state index contributed by atoms with van der Waals surface area (Å²) in [5.74, 6) is 0. The third-order valence-electron chi connectivity index (χ3n) is 6.94. The molecule has 0 saturated heterocycles. The molecule has 0 amide bonds. The van der Waals surface area contributed by atoms with Crippen molar-refractivity contribution in [1.82, 2.24) is 0 Å². The summed E-state index contributed by atoms with van der Waals surface area (Å²) < 4.78 is 0. The Morgan fingerprint density at radius 3 is 1.35 bits per heavy atom. The minimum absolute atomic E-state index is 0.966. The second-order valence-corrected chi connectivity index (χ2v) is 9.80. The molecule has 0 aliphatic rings. The largest absolute Gasteiger partial charge is 0.311 e. The lowest BCUT2D eigenvalue weighted by Crippen LogP contribution is -2.14. The monoisotopic (exact) mass is 518 g/mol. The maximum absolute atomic E-state index is 4.04. The molecule has 2 nitrogen and oxygen atoms in total. The van der Waals surface area contributed by atoms with Crippen molar-refractivity contribution in [2.75, 3.05) is 9.80 Å². The van der Waals surface area contributed by atoms with Crippen molar-refractivity contribution in [3.05, 3.63) is 176 Å². The molecule has 40 heavy (non-hydrogen) atoms. The molecule has 196 valence electrons. The average molecular weight is 519 g/mol. The zero-order valence-electron chi connectivity index (χ0n) is 23.2. The first-order valence-corrected chi connectivity index (χ1v) is 13.5. The van der Waals surface area contributed by atoms with Gasteiger partial charge in [0.05, 0.1) is 0 Å². The summed E-state index contributed by atoms with van der Waals surface area (Å²) in [6.45, 7) is 12.2. The predicted molar refractivity (Wildman–Crippen MR) is 173 cm³/mol. The SMILES string of the molecule is C=C/C=C(\C=C)N(c1ccc(C)cc1)c1ccc(-c2ccc(N(c3ccccc3)c3ccc(C)cc3)cc2)cc1. The first-order chi connectivity index (χ1) is 19.6. The minimum atomic E-state index is 0.966. The van der Waals surface area contributed by atoms with Crippen LogP contribution in [0.4, 0.5) is 28.4 Å². The van der Waals surface area contributed by atoms with E-state index in [1.807, 2.05) is 12.2 Å². The summed E-state index contributed by atoms with van der Waals surface area (Å²) in [6, 6.07) is 45.1. The standard InChI is InChI=1S/C38H34N2/c1-5-10-33(6-2)39(35-21-13-29(3)14-22-35)37-25-17-31(18-26-37)32-19-27-38(28-20-32)40(34-11-8-7-9-12-34)36-23-15-30(4)16-24-36/h5-28H,1-2H2,3-4H3/b33-10+. The van der Waals surface area contributed by atoms with E-state index >= 15 is 0 Å². The lowest BCUT2D eigenvalue weighted by molar-refractivity contribution is 1.21. The molecule has 0 aliphatic carbocycles. The summed E-state index contributed by atoms with van der Waals surface area (Å²) in [5.41, 5.74) is 11.3. The fourth-order valence-corrected chi connectivity index (χ4v) is 4.82. The molecule has 2 heteroatoms. The minimum Gasteiger partial charge on any atom is -0.311 e. The molecule has 5 rings (SSSR count). The third-order valence-corrected chi connectivity index (χ3v) is 6.94. The molecule has 0 radical (unpaired) electrons. The van der Waals surface area contributed by atoms with Crippen LogP contribution < -0.4 is 9.80 Å². The van der Waals surface area contributed by atoms with Gasteiger partial charge in [0.25, 0.3) is 0 Å². The molecule has 0 aromatic heterocycles. The highest BCUT2D eigenvalue weighted by Gasteiger charge is 2.14. The second-order valence-electron chi connectivity index (χ2n) is 9.80. The fourth-order valence-electron chi connectivity index (χ4n) is 4.82. The molecule has 0 bridgehead atoms. The zero-order valence-corrected chi connectivity index (χ0v) is 23.2. The Bertz CT molecular complexity index is 1590. The number of para-hydroxylation sites is 1. The molecule has 0 unspecified atom stereocenters. The molecule has 0 atom stereocenters. The van der Waals surface area contributed by atoms with Gasteiger partial charge in [-0.3, -0.25) is 0 Å². The molecule has 5 aromatic rings. The van der Waals surface area contributed by atoms with Crippen LogP contribution in [0, 0.1) is 13.8 Å². The molecule has 0 fully saturated rings. The van der Waals surface area contributed by atoms with E-state index < -0.39 is 0 Å². The maximum atomic E-state index is 4.04. The van der Waals surface area contributed by atoms with Crippen LogP contribution in [0.3, 0.4) is 0 Å². The van der Waals surface area contributed by atoms with Crippen LogP contribution in [0.5, 0.6) is 0 Å². The van der Waals surface area contributed by atoms with Crippen LogP contribution in [-0.2, 0) is 0 Å². The van der Waals surface area contributed by atoms with Crippen LogP contribution in [-0.4, -0.2) is 0 Å². The maximum Gasteiger partial charge on any atom is 0.0462 e. The second kappa shape index (κ2) is 12.2. The van der Waals surface area contributed by atoms with Gasteiger partial charge in [-0.05, 0) is 97.8 Å². The Morgan fingerprint density at radius 1 is 0.500 bits per heavy atom. The first kappa shape index (κ1) is 26.5. The van der Waals surface area contributed by atoms with E-state index in [2.05, 4.69) is 164 Å². The number of hydrogen-bond donors (Lipinski definition) is 0. The van der Waals surface area contributed by atoms with Crippen LogP contribution >= 0.6 is 0 Å². The van der Waals surface area contributed by atoms with Crippen LogP contribution in [0.2, 0.25) is 0 Å². The number of aryl methyl sites for hydroxylation is 2. The van der Waals surface area contributed by atoms with Gasteiger partial charge >= 0.3 is 0 Å². The number of nitrogens with zero attached hydrogens (tertiary/aromatic N) is 2. The highest BCUT2D eigenvalue weighted by atomic mass is 15.1. The van der Waals surface area contributed by atoms with Crippen LogP contribution in [0.1, 0.15) is 11.1 Å². The smallest absolute Gasteiger partial charge is 0.0462 e. The molecule has 0 spiro atoms. The quantitative estimate of drug-likeness (QED) is 0.179. The van der Waals surface area contributed by atoms with E-state index in [9.17, 15) is 0 Å². The Balaban J connectivity index is 1.46. The van der Waals surface area contributed by atoms with Gasteiger partial charge < -0.3 is 9.80 Å². The van der Waals surface area contributed by atoms with E-state index in [4.69, 9.17) is 0 Å². The van der Waals surface area contributed by atoms with E-state index in [1.165, 1.54) is 16.7 Å². The lowest BCUT2D eigenvalue weighted by Gasteiger charge is -2.27. The highest BCUT2D eigenvalue weighted by molar-refractivity contribution is 5.79. The average Bonchev–Trinajstić information content (AvgIpc) is 3.00. The summed E-state index contributed by atoms with van der Waals surface area (Å²) in [6.07, 6.45) is 5.64. The summed E-state index contributed by atoms with van der Waals surface area (Å²) in [7, 11) is 0. The van der Waals surface area contributed by atoms with Gasteiger partial charge in [0.2, 0.25) is 0 Å². The van der Waals surface area contributed by atoms with Crippen molar-refractivity contribution in [3.63, 3.8) is 0 Å². The topological polar surface area (TPSA) is 6.48 Å². The first-order valence-electron chi connectivity index (χ1n) is 13.5. The van der Waals surface area contributed by atoms with Crippen molar-refractivity contribution in [2.24, 2.45) is 0 Å². The molecular weight excluding hydrogens is 484 g/mol. The number of rotatable bonds is 9. The van der Waals surface area contributed by atoms with Crippen molar-refractivity contribution < 1.29 is 0 Å².